The highest BCUT2D eigenvalue weighted by atomic mass is 14.9. The van der Waals surface area contributed by atoms with Gasteiger partial charge in [-0.1, -0.05) is 13.2 Å². The molecule has 0 fully saturated rings. The first-order valence-electron chi connectivity index (χ1n) is 3.31. The fourth-order valence-corrected chi connectivity index (χ4v) is 0.673. The normalized spacial score (nSPS) is 8.73. The molecule has 0 saturated heterocycles. The molecule has 0 saturated carbocycles. The quantitative estimate of drug-likeness (QED) is 0.661. The van der Waals surface area contributed by atoms with Gasteiger partial charge >= 0.3 is 0 Å². The summed E-state index contributed by atoms with van der Waals surface area (Å²) >= 11 is 0. The van der Waals surface area contributed by atoms with E-state index in [4.69, 9.17) is 0 Å². The standard InChI is InChI=1S/C9H10N2/c1-3-8(2)11-9-5-4-6-10-7-9/h3-7,11H,1-2H2. The number of aromatic nitrogens is 1. The van der Waals surface area contributed by atoms with Crippen molar-refractivity contribution in [3.8, 4) is 0 Å². The number of hydrogen-bond donors (Lipinski definition) is 1. The predicted molar refractivity (Wildman–Crippen MR) is 47.2 cm³/mol. The Balaban J connectivity index is 2.65. The van der Waals surface area contributed by atoms with Gasteiger partial charge in [-0.15, -0.1) is 0 Å². The molecular weight excluding hydrogens is 136 g/mol. The van der Waals surface area contributed by atoms with Crippen LogP contribution >= 0.6 is 0 Å². The fraction of sp³-hybridized carbons (Fsp3) is 0. The van der Waals surface area contributed by atoms with E-state index in [1.165, 1.54) is 0 Å². The van der Waals surface area contributed by atoms with E-state index in [-0.39, 0.29) is 0 Å². The third-order valence-electron chi connectivity index (χ3n) is 1.21. The lowest BCUT2D eigenvalue weighted by atomic mass is 10.4. The smallest absolute Gasteiger partial charge is 0.0570 e. The number of nitrogens with zero attached hydrogens (tertiary/aromatic N) is 1. The Morgan fingerprint density at radius 3 is 3.00 bits per heavy atom. The van der Waals surface area contributed by atoms with E-state index >= 15 is 0 Å². The molecule has 1 N–H and O–H groups in total. The molecular formula is C9H10N2. The van der Waals surface area contributed by atoms with E-state index in [1.54, 1.807) is 18.5 Å². The van der Waals surface area contributed by atoms with Crippen LogP contribution in [0, 0.1) is 0 Å². The van der Waals surface area contributed by atoms with Crippen LogP contribution in [-0.4, -0.2) is 4.98 Å². The monoisotopic (exact) mass is 146 g/mol. The average Bonchev–Trinajstić information content (AvgIpc) is 2.06. The van der Waals surface area contributed by atoms with Crippen molar-refractivity contribution in [3.63, 3.8) is 0 Å². The second-order valence-corrected chi connectivity index (χ2v) is 2.10. The molecule has 1 aromatic heterocycles. The lowest BCUT2D eigenvalue weighted by Crippen LogP contribution is -1.94. The predicted octanol–water partition coefficient (Wildman–Crippen LogP) is 2.19. The van der Waals surface area contributed by atoms with E-state index in [0.29, 0.717) is 0 Å². The Kier molecular flexibility index (Phi) is 2.44. The number of nitrogens with one attached hydrogen (secondary N) is 1. The first-order valence-corrected chi connectivity index (χ1v) is 3.31. The summed E-state index contributed by atoms with van der Waals surface area (Å²) in [7, 11) is 0. The van der Waals surface area contributed by atoms with Crippen molar-refractivity contribution in [1.82, 2.24) is 4.98 Å². The molecule has 0 amide bonds. The molecule has 1 heterocycles. The topological polar surface area (TPSA) is 24.9 Å². The Hall–Kier alpha value is -1.57. The molecule has 0 aliphatic heterocycles. The van der Waals surface area contributed by atoms with Crippen molar-refractivity contribution in [1.29, 1.82) is 0 Å². The van der Waals surface area contributed by atoms with Crippen LogP contribution in [0.25, 0.3) is 0 Å². The second-order valence-electron chi connectivity index (χ2n) is 2.10. The van der Waals surface area contributed by atoms with Gasteiger partial charge in [0.2, 0.25) is 0 Å². The summed E-state index contributed by atoms with van der Waals surface area (Å²) in [6.07, 6.45) is 5.11. The average molecular weight is 146 g/mol. The van der Waals surface area contributed by atoms with Crippen LogP contribution < -0.4 is 5.32 Å². The van der Waals surface area contributed by atoms with Gasteiger partial charge in [0.1, 0.15) is 0 Å². The molecule has 0 aromatic carbocycles. The third-order valence-corrected chi connectivity index (χ3v) is 1.21. The van der Waals surface area contributed by atoms with Crippen molar-refractivity contribution in [3.05, 3.63) is 49.5 Å². The van der Waals surface area contributed by atoms with E-state index in [2.05, 4.69) is 23.5 Å². The molecule has 1 aromatic rings. The van der Waals surface area contributed by atoms with E-state index < -0.39 is 0 Å². The highest BCUT2D eigenvalue weighted by Gasteiger charge is 1.88. The summed E-state index contributed by atoms with van der Waals surface area (Å²) in [5, 5.41) is 3.02. The van der Waals surface area contributed by atoms with Crippen LogP contribution in [0.4, 0.5) is 5.69 Å². The van der Waals surface area contributed by atoms with Crippen LogP contribution in [0.5, 0.6) is 0 Å². The van der Waals surface area contributed by atoms with E-state index in [0.717, 1.165) is 11.4 Å². The molecule has 2 heteroatoms. The molecule has 2 nitrogen and oxygen atoms in total. The van der Waals surface area contributed by atoms with E-state index in [1.807, 2.05) is 12.1 Å². The molecule has 0 aliphatic rings. The van der Waals surface area contributed by atoms with Gasteiger partial charge in [0.05, 0.1) is 11.9 Å². The second kappa shape index (κ2) is 3.56. The first kappa shape index (κ1) is 7.54. The fourth-order valence-electron chi connectivity index (χ4n) is 0.673. The van der Waals surface area contributed by atoms with Gasteiger partial charge in [0, 0.05) is 11.9 Å². The van der Waals surface area contributed by atoms with Gasteiger partial charge in [-0.3, -0.25) is 4.98 Å². The van der Waals surface area contributed by atoms with Gasteiger partial charge < -0.3 is 5.32 Å². The minimum Gasteiger partial charge on any atom is -0.355 e. The number of hydrogen-bond acceptors (Lipinski definition) is 2. The van der Waals surface area contributed by atoms with Crippen molar-refractivity contribution in [2.75, 3.05) is 5.32 Å². The lowest BCUT2D eigenvalue weighted by molar-refractivity contribution is 1.31. The Bertz CT molecular complexity index is 252. The van der Waals surface area contributed by atoms with Crippen LogP contribution in [0.15, 0.2) is 49.5 Å². The van der Waals surface area contributed by atoms with Crippen LogP contribution in [0.2, 0.25) is 0 Å². The summed E-state index contributed by atoms with van der Waals surface area (Å²) < 4.78 is 0. The minimum absolute atomic E-state index is 0.776. The molecule has 56 valence electrons. The highest BCUT2D eigenvalue weighted by Crippen LogP contribution is 2.05. The van der Waals surface area contributed by atoms with Gasteiger partial charge in [0.15, 0.2) is 0 Å². The minimum atomic E-state index is 0.776. The largest absolute Gasteiger partial charge is 0.355 e. The van der Waals surface area contributed by atoms with Crippen molar-refractivity contribution < 1.29 is 0 Å². The molecule has 11 heavy (non-hydrogen) atoms. The number of pyridine rings is 1. The summed E-state index contributed by atoms with van der Waals surface area (Å²) in [5.41, 5.74) is 1.70. The highest BCUT2D eigenvalue weighted by molar-refractivity contribution is 5.47. The molecule has 1 rings (SSSR count). The summed E-state index contributed by atoms with van der Waals surface area (Å²) in [6, 6.07) is 3.78. The van der Waals surface area contributed by atoms with E-state index in [9.17, 15) is 0 Å². The third kappa shape index (κ3) is 2.26. The van der Waals surface area contributed by atoms with Crippen LogP contribution in [0.3, 0.4) is 0 Å². The van der Waals surface area contributed by atoms with Crippen molar-refractivity contribution in [2.45, 2.75) is 0 Å². The zero-order chi connectivity index (χ0) is 8.10. The van der Waals surface area contributed by atoms with Crippen molar-refractivity contribution >= 4 is 5.69 Å². The van der Waals surface area contributed by atoms with Gasteiger partial charge in [-0.25, -0.2) is 0 Å². The molecule has 0 spiro atoms. The Morgan fingerprint density at radius 2 is 2.45 bits per heavy atom. The molecule has 0 aliphatic carbocycles. The maximum atomic E-state index is 3.93. The first-order chi connectivity index (χ1) is 5.33. The zero-order valence-corrected chi connectivity index (χ0v) is 6.25. The SMILES string of the molecule is C=CC(=C)Nc1cccnc1. The van der Waals surface area contributed by atoms with Gasteiger partial charge in [0.25, 0.3) is 0 Å². The zero-order valence-electron chi connectivity index (χ0n) is 6.25. The molecule has 0 unspecified atom stereocenters. The number of rotatable bonds is 3. The summed E-state index contributed by atoms with van der Waals surface area (Å²) in [4.78, 5) is 3.93. The van der Waals surface area contributed by atoms with Crippen molar-refractivity contribution in [2.24, 2.45) is 0 Å². The van der Waals surface area contributed by atoms with Gasteiger partial charge in [-0.05, 0) is 18.2 Å². The molecule has 0 atom stereocenters. The Labute approximate surface area is 66.3 Å². The summed E-state index contributed by atoms with van der Waals surface area (Å²) in [5.74, 6) is 0. The maximum absolute atomic E-state index is 3.93. The number of anilines is 1. The lowest BCUT2D eigenvalue weighted by Gasteiger charge is -2.02. The maximum Gasteiger partial charge on any atom is 0.0570 e. The van der Waals surface area contributed by atoms with Crippen LogP contribution in [0.1, 0.15) is 0 Å². The van der Waals surface area contributed by atoms with Gasteiger partial charge in [-0.2, -0.15) is 0 Å². The number of allylic oxidation sites excluding steroid dienone is 1. The Morgan fingerprint density at radius 1 is 1.64 bits per heavy atom. The van der Waals surface area contributed by atoms with Crippen LogP contribution in [-0.2, 0) is 0 Å². The molecule has 0 radical (unpaired) electrons. The summed E-state index contributed by atoms with van der Waals surface area (Å²) in [6.45, 7) is 7.29. The molecule has 0 bridgehead atoms.